The van der Waals surface area contributed by atoms with E-state index in [9.17, 15) is 4.79 Å². The van der Waals surface area contributed by atoms with Gasteiger partial charge < -0.3 is 5.11 Å². The number of hydrogen-bond donors (Lipinski definition) is 2. The summed E-state index contributed by atoms with van der Waals surface area (Å²) in [6.07, 6.45) is 5.95. The Morgan fingerprint density at radius 3 is 2.74 bits per heavy atom. The molecule has 0 saturated heterocycles. The number of rotatable bonds is 4. The van der Waals surface area contributed by atoms with Crippen LogP contribution in [0.3, 0.4) is 0 Å². The molecular formula is C15H20N2O2. The minimum atomic E-state index is -0.906. The van der Waals surface area contributed by atoms with Crippen LogP contribution in [0.25, 0.3) is 0 Å². The van der Waals surface area contributed by atoms with Crippen molar-refractivity contribution in [3.8, 4) is 0 Å². The van der Waals surface area contributed by atoms with E-state index in [1.165, 1.54) is 25.0 Å². The highest BCUT2D eigenvalue weighted by molar-refractivity contribution is 5.89. The van der Waals surface area contributed by atoms with Gasteiger partial charge in [-0.3, -0.25) is 5.43 Å². The van der Waals surface area contributed by atoms with Gasteiger partial charge in [-0.15, -0.1) is 0 Å². The first kappa shape index (κ1) is 13.6. The average Bonchev–Trinajstić information content (AvgIpc) is 2.45. The van der Waals surface area contributed by atoms with Gasteiger partial charge in [-0.2, -0.15) is 5.10 Å². The molecule has 0 radical (unpaired) electrons. The highest BCUT2D eigenvalue weighted by Crippen LogP contribution is 2.24. The van der Waals surface area contributed by atoms with Gasteiger partial charge in [-0.1, -0.05) is 13.3 Å². The lowest BCUT2D eigenvalue weighted by Gasteiger charge is -2.22. The quantitative estimate of drug-likeness (QED) is 0.810. The zero-order chi connectivity index (χ0) is 13.7. The van der Waals surface area contributed by atoms with E-state index in [2.05, 4.69) is 17.5 Å². The van der Waals surface area contributed by atoms with Crippen LogP contribution in [-0.2, 0) is 0 Å². The zero-order valence-corrected chi connectivity index (χ0v) is 11.2. The summed E-state index contributed by atoms with van der Waals surface area (Å²) in [6.45, 7) is 2.20. The second kappa shape index (κ2) is 6.36. The summed E-state index contributed by atoms with van der Waals surface area (Å²) in [6, 6.07) is 6.67. The Morgan fingerprint density at radius 1 is 1.37 bits per heavy atom. The highest BCUT2D eigenvalue weighted by Gasteiger charge is 2.18. The Morgan fingerprint density at radius 2 is 2.11 bits per heavy atom. The van der Waals surface area contributed by atoms with Crippen molar-refractivity contribution in [3.05, 3.63) is 29.8 Å². The lowest BCUT2D eigenvalue weighted by atomic mass is 9.86. The molecule has 19 heavy (non-hydrogen) atoms. The molecule has 0 aliphatic heterocycles. The average molecular weight is 260 g/mol. The van der Waals surface area contributed by atoms with Gasteiger partial charge in [0.05, 0.1) is 11.3 Å². The Bertz CT molecular complexity index is 466. The summed E-state index contributed by atoms with van der Waals surface area (Å²) < 4.78 is 0. The maximum Gasteiger partial charge on any atom is 0.335 e. The third-order valence-corrected chi connectivity index (χ3v) is 3.66. The molecule has 1 aliphatic carbocycles. The molecule has 1 aromatic carbocycles. The van der Waals surface area contributed by atoms with E-state index in [4.69, 9.17) is 5.11 Å². The summed E-state index contributed by atoms with van der Waals surface area (Å²) in [5, 5.41) is 13.3. The Labute approximate surface area is 113 Å². The van der Waals surface area contributed by atoms with Gasteiger partial charge in [0.15, 0.2) is 0 Å². The second-order valence-electron chi connectivity index (χ2n) is 4.95. The fraction of sp³-hybridized carbons (Fsp3) is 0.467. The second-order valence-corrected chi connectivity index (χ2v) is 4.95. The SMILES string of the molecule is CCC1CCCC/C1=N\Nc1ccc(C(=O)O)cc1. The molecule has 1 aromatic rings. The fourth-order valence-corrected chi connectivity index (χ4v) is 2.48. The minimum absolute atomic E-state index is 0.294. The number of hydrogen-bond acceptors (Lipinski definition) is 3. The Kier molecular flexibility index (Phi) is 4.55. The molecule has 1 aliphatic rings. The van der Waals surface area contributed by atoms with Crippen molar-refractivity contribution in [2.75, 3.05) is 5.43 Å². The standard InChI is InChI=1S/C15H20N2O2/c1-2-11-5-3-4-6-14(11)17-16-13-9-7-12(8-10-13)15(18)19/h7-11,16H,2-6H2,1H3,(H,18,19)/b17-14+. The number of nitrogens with one attached hydrogen (secondary N) is 1. The summed E-state index contributed by atoms with van der Waals surface area (Å²) in [5.41, 5.74) is 5.41. The van der Waals surface area contributed by atoms with Crippen LogP contribution >= 0.6 is 0 Å². The first-order valence-electron chi connectivity index (χ1n) is 6.86. The van der Waals surface area contributed by atoms with Crippen LogP contribution in [0.2, 0.25) is 0 Å². The molecule has 2 rings (SSSR count). The van der Waals surface area contributed by atoms with Gasteiger partial charge >= 0.3 is 5.97 Å². The predicted octanol–water partition coefficient (Wildman–Crippen LogP) is 3.75. The van der Waals surface area contributed by atoms with E-state index in [-0.39, 0.29) is 0 Å². The molecule has 0 bridgehead atoms. The number of nitrogens with zero attached hydrogens (tertiary/aromatic N) is 1. The van der Waals surface area contributed by atoms with Gasteiger partial charge in [-0.05, 0) is 55.9 Å². The van der Waals surface area contributed by atoms with Crippen molar-refractivity contribution in [2.45, 2.75) is 39.0 Å². The number of carbonyl (C=O) groups is 1. The molecular weight excluding hydrogens is 240 g/mol. The van der Waals surface area contributed by atoms with Crippen LogP contribution in [0.1, 0.15) is 49.4 Å². The van der Waals surface area contributed by atoms with Crippen LogP contribution in [0.15, 0.2) is 29.4 Å². The maximum atomic E-state index is 10.8. The number of carboxylic acids is 1. The molecule has 4 heteroatoms. The molecule has 102 valence electrons. The third-order valence-electron chi connectivity index (χ3n) is 3.66. The van der Waals surface area contributed by atoms with Gasteiger partial charge in [0.25, 0.3) is 0 Å². The minimum Gasteiger partial charge on any atom is -0.478 e. The third kappa shape index (κ3) is 3.56. The van der Waals surface area contributed by atoms with Crippen molar-refractivity contribution in [3.63, 3.8) is 0 Å². The molecule has 0 spiro atoms. The van der Waals surface area contributed by atoms with E-state index < -0.39 is 5.97 Å². The molecule has 1 atom stereocenters. The predicted molar refractivity (Wildman–Crippen MR) is 76.7 cm³/mol. The molecule has 0 heterocycles. The van der Waals surface area contributed by atoms with Crippen molar-refractivity contribution in [1.82, 2.24) is 0 Å². The summed E-state index contributed by atoms with van der Waals surface area (Å²) >= 11 is 0. The lowest BCUT2D eigenvalue weighted by molar-refractivity contribution is 0.0697. The molecule has 4 nitrogen and oxygen atoms in total. The summed E-state index contributed by atoms with van der Waals surface area (Å²) in [7, 11) is 0. The first-order chi connectivity index (χ1) is 9.20. The van der Waals surface area contributed by atoms with Crippen molar-refractivity contribution in [1.29, 1.82) is 0 Å². The number of aromatic carboxylic acids is 1. The number of hydrazone groups is 1. The highest BCUT2D eigenvalue weighted by atomic mass is 16.4. The van der Waals surface area contributed by atoms with Gasteiger partial charge in [0, 0.05) is 5.71 Å². The molecule has 0 amide bonds. The van der Waals surface area contributed by atoms with E-state index in [1.807, 2.05) is 0 Å². The monoisotopic (exact) mass is 260 g/mol. The van der Waals surface area contributed by atoms with Crippen molar-refractivity contribution >= 4 is 17.4 Å². The molecule has 0 aromatic heterocycles. The maximum absolute atomic E-state index is 10.8. The Hall–Kier alpha value is -1.84. The van der Waals surface area contributed by atoms with E-state index in [1.54, 1.807) is 24.3 Å². The van der Waals surface area contributed by atoms with E-state index in [0.29, 0.717) is 11.5 Å². The molecule has 1 saturated carbocycles. The first-order valence-corrected chi connectivity index (χ1v) is 6.86. The van der Waals surface area contributed by atoms with Crippen molar-refractivity contribution < 1.29 is 9.90 Å². The Balaban J connectivity index is 2.02. The summed E-state index contributed by atoms with van der Waals surface area (Å²) in [5.74, 6) is -0.310. The van der Waals surface area contributed by atoms with Gasteiger partial charge in [-0.25, -0.2) is 4.79 Å². The van der Waals surface area contributed by atoms with Crippen LogP contribution in [0.4, 0.5) is 5.69 Å². The van der Waals surface area contributed by atoms with Gasteiger partial charge in [0.2, 0.25) is 0 Å². The zero-order valence-electron chi connectivity index (χ0n) is 11.2. The molecule has 1 fully saturated rings. The van der Waals surface area contributed by atoms with Gasteiger partial charge in [0.1, 0.15) is 0 Å². The lowest BCUT2D eigenvalue weighted by Crippen LogP contribution is -2.19. The van der Waals surface area contributed by atoms with E-state index in [0.717, 1.165) is 18.5 Å². The van der Waals surface area contributed by atoms with Crippen molar-refractivity contribution in [2.24, 2.45) is 11.0 Å². The normalized spacial score (nSPS) is 21.3. The fourth-order valence-electron chi connectivity index (χ4n) is 2.48. The summed E-state index contributed by atoms with van der Waals surface area (Å²) in [4.78, 5) is 10.8. The molecule has 1 unspecified atom stereocenters. The van der Waals surface area contributed by atoms with Crippen LogP contribution in [0.5, 0.6) is 0 Å². The largest absolute Gasteiger partial charge is 0.478 e. The topological polar surface area (TPSA) is 61.7 Å². The molecule has 2 N–H and O–H groups in total. The number of carboxylic acid groups (broad SMARTS) is 1. The van der Waals surface area contributed by atoms with Crippen LogP contribution in [-0.4, -0.2) is 16.8 Å². The number of benzene rings is 1. The number of anilines is 1. The van der Waals surface area contributed by atoms with Crippen LogP contribution in [0, 0.1) is 5.92 Å². The van der Waals surface area contributed by atoms with E-state index >= 15 is 0 Å². The van der Waals surface area contributed by atoms with Crippen LogP contribution < -0.4 is 5.43 Å². The smallest absolute Gasteiger partial charge is 0.335 e.